The molecule has 2 atom stereocenters. The van der Waals surface area contributed by atoms with Crippen molar-refractivity contribution < 1.29 is 0 Å². The Kier molecular flexibility index (Phi) is 6.72. The maximum atomic E-state index is 3.53. The molecule has 1 aromatic rings. The van der Waals surface area contributed by atoms with Crippen LogP contribution in [0.3, 0.4) is 0 Å². The standard InChI is InChI=1S/C19H32N2/c1-4-16-10-12-17(13-11-16)19(20-3)15-21-14-8-6-7-9-18(21)5-2/h10-13,18-20H,4-9,14-15H2,1-3H3. The molecule has 1 aromatic carbocycles. The highest BCUT2D eigenvalue weighted by Gasteiger charge is 2.22. The molecule has 0 spiro atoms. The van der Waals surface area contributed by atoms with Crippen LogP contribution in [0.15, 0.2) is 24.3 Å². The number of rotatable bonds is 6. The Morgan fingerprint density at radius 2 is 1.90 bits per heavy atom. The Labute approximate surface area is 130 Å². The van der Waals surface area contributed by atoms with Crippen LogP contribution >= 0.6 is 0 Å². The molecule has 118 valence electrons. The van der Waals surface area contributed by atoms with E-state index in [1.165, 1.54) is 49.8 Å². The minimum Gasteiger partial charge on any atom is -0.312 e. The molecule has 0 saturated carbocycles. The lowest BCUT2D eigenvalue weighted by Gasteiger charge is -2.32. The summed E-state index contributed by atoms with van der Waals surface area (Å²) < 4.78 is 0. The zero-order valence-corrected chi connectivity index (χ0v) is 14.1. The molecule has 0 radical (unpaired) electrons. The van der Waals surface area contributed by atoms with Gasteiger partial charge in [-0.25, -0.2) is 0 Å². The lowest BCUT2D eigenvalue weighted by molar-refractivity contribution is 0.176. The van der Waals surface area contributed by atoms with Crippen LogP contribution < -0.4 is 5.32 Å². The highest BCUT2D eigenvalue weighted by Crippen LogP contribution is 2.23. The molecule has 2 rings (SSSR count). The van der Waals surface area contributed by atoms with Crippen molar-refractivity contribution in [2.75, 3.05) is 20.1 Å². The molecule has 0 amide bonds. The summed E-state index contributed by atoms with van der Waals surface area (Å²) in [5.41, 5.74) is 2.85. The summed E-state index contributed by atoms with van der Waals surface area (Å²) in [5.74, 6) is 0. The van der Waals surface area contributed by atoms with Crippen LogP contribution in [0.2, 0.25) is 0 Å². The van der Waals surface area contributed by atoms with E-state index in [-0.39, 0.29) is 0 Å². The molecule has 21 heavy (non-hydrogen) atoms. The van der Waals surface area contributed by atoms with Crippen molar-refractivity contribution in [1.82, 2.24) is 10.2 Å². The van der Waals surface area contributed by atoms with E-state index in [2.05, 4.69) is 55.4 Å². The average molecular weight is 288 g/mol. The SMILES string of the molecule is CCc1ccc(C(CN2CCCCCC2CC)NC)cc1. The minimum atomic E-state index is 0.447. The Bertz CT molecular complexity index is 399. The fraction of sp³-hybridized carbons (Fsp3) is 0.684. The third-order valence-electron chi connectivity index (χ3n) is 5.03. The van der Waals surface area contributed by atoms with Gasteiger partial charge in [-0.05, 0) is 50.4 Å². The fourth-order valence-corrected chi connectivity index (χ4v) is 3.52. The molecule has 1 aliphatic rings. The predicted octanol–water partition coefficient (Wildman–Crippen LogP) is 4.16. The van der Waals surface area contributed by atoms with Crippen molar-refractivity contribution in [1.29, 1.82) is 0 Å². The normalized spacial score (nSPS) is 22.0. The Morgan fingerprint density at radius 3 is 2.52 bits per heavy atom. The van der Waals surface area contributed by atoms with Gasteiger partial charge in [-0.3, -0.25) is 4.90 Å². The van der Waals surface area contributed by atoms with E-state index in [1.54, 1.807) is 0 Å². The smallest absolute Gasteiger partial charge is 0.0446 e. The van der Waals surface area contributed by atoms with Crippen LogP contribution in [-0.4, -0.2) is 31.1 Å². The number of nitrogens with one attached hydrogen (secondary N) is 1. The number of hydrogen-bond acceptors (Lipinski definition) is 2. The number of nitrogens with zero attached hydrogens (tertiary/aromatic N) is 1. The molecule has 1 fully saturated rings. The number of likely N-dealkylation sites (tertiary alicyclic amines) is 1. The maximum Gasteiger partial charge on any atom is 0.0446 e. The van der Waals surface area contributed by atoms with Crippen molar-refractivity contribution in [2.45, 2.75) is 64.5 Å². The first-order valence-electron chi connectivity index (χ1n) is 8.78. The minimum absolute atomic E-state index is 0.447. The lowest BCUT2D eigenvalue weighted by atomic mass is 10.0. The lowest BCUT2D eigenvalue weighted by Crippen LogP contribution is -2.40. The van der Waals surface area contributed by atoms with Gasteiger partial charge < -0.3 is 5.32 Å². The summed E-state index contributed by atoms with van der Waals surface area (Å²) in [4.78, 5) is 2.72. The Morgan fingerprint density at radius 1 is 1.14 bits per heavy atom. The van der Waals surface area contributed by atoms with E-state index in [0.717, 1.165) is 19.0 Å². The van der Waals surface area contributed by atoms with Gasteiger partial charge in [0.15, 0.2) is 0 Å². The molecule has 1 N–H and O–H groups in total. The first-order chi connectivity index (χ1) is 10.3. The van der Waals surface area contributed by atoms with Gasteiger partial charge in [0.05, 0.1) is 0 Å². The Hall–Kier alpha value is -0.860. The predicted molar refractivity (Wildman–Crippen MR) is 91.7 cm³/mol. The quantitative estimate of drug-likeness (QED) is 0.845. The fourth-order valence-electron chi connectivity index (χ4n) is 3.52. The third-order valence-corrected chi connectivity index (χ3v) is 5.03. The summed E-state index contributed by atoms with van der Waals surface area (Å²) in [7, 11) is 2.09. The van der Waals surface area contributed by atoms with Crippen LogP contribution in [0.5, 0.6) is 0 Å². The van der Waals surface area contributed by atoms with Crippen molar-refractivity contribution in [3.8, 4) is 0 Å². The van der Waals surface area contributed by atoms with Crippen molar-refractivity contribution in [3.63, 3.8) is 0 Å². The van der Waals surface area contributed by atoms with E-state index < -0.39 is 0 Å². The van der Waals surface area contributed by atoms with E-state index in [0.29, 0.717) is 6.04 Å². The molecule has 1 saturated heterocycles. The first-order valence-corrected chi connectivity index (χ1v) is 8.78. The monoisotopic (exact) mass is 288 g/mol. The van der Waals surface area contributed by atoms with Gasteiger partial charge in [-0.1, -0.05) is 51.0 Å². The highest BCUT2D eigenvalue weighted by atomic mass is 15.2. The number of benzene rings is 1. The largest absolute Gasteiger partial charge is 0.312 e. The second-order valence-corrected chi connectivity index (χ2v) is 6.34. The van der Waals surface area contributed by atoms with Gasteiger partial charge in [0, 0.05) is 18.6 Å². The molecule has 2 nitrogen and oxygen atoms in total. The molecule has 0 aromatic heterocycles. The summed E-state index contributed by atoms with van der Waals surface area (Å²) in [5, 5.41) is 3.53. The summed E-state index contributed by atoms with van der Waals surface area (Å²) >= 11 is 0. The molecule has 0 aliphatic carbocycles. The highest BCUT2D eigenvalue weighted by molar-refractivity contribution is 5.25. The third kappa shape index (κ3) is 4.55. The van der Waals surface area contributed by atoms with Gasteiger partial charge in [-0.15, -0.1) is 0 Å². The number of hydrogen-bond donors (Lipinski definition) is 1. The van der Waals surface area contributed by atoms with Crippen LogP contribution in [0.25, 0.3) is 0 Å². The topological polar surface area (TPSA) is 15.3 Å². The van der Waals surface area contributed by atoms with Crippen molar-refractivity contribution in [3.05, 3.63) is 35.4 Å². The second-order valence-electron chi connectivity index (χ2n) is 6.34. The van der Waals surface area contributed by atoms with E-state index in [1.807, 2.05) is 0 Å². The van der Waals surface area contributed by atoms with Gasteiger partial charge in [0.25, 0.3) is 0 Å². The van der Waals surface area contributed by atoms with Crippen molar-refractivity contribution in [2.24, 2.45) is 0 Å². The zero-order valence-electron chi connectivity index (χ0n) is 14.1. The zero-order chi connectivity index (χ0) is 15.1. The van der Waals surface area contributed by atoms with Crippen LogP contribution in [-0.2, 0) is 6.42 Å². The number of aryl methyl sites for hydroxylation is 1. The number of likely N-dealkylation sites (N-methyl/N-ethyl adjacent to an activating group) is 1. The molecule has 2 unspecified atom stereocenters. The van der Waals surface area contributed by atoms with Gasteiger partial charge in [0.2, 0.25) is 0 Å². The van der Waals surface area contributed by atoms with Gasteiger partial charge in [0.1, 0.15) is 0 Å². The van der Waals surface area contributed by atoms with Crippen LogP contribution in [0.1, 0.15) is 63.1 Å². The van der Waals surface area contributed by atoms with E-state index in [9.17, 15) is 0 Å². The first kappa shape index (κ1) is 16.5. The molecule has 1 aliphatic heterocycles. The van der Waals surface area contributed by atoms with E-state index >= 15 is 0 Å². The van der Waals surface area contributed by atoms with Crippen molar-refractivity contribution >= 4 is 0 Å². The van der Waals surface area contributed by atoms with E-state index in [4.69, 9.17) is 0 Å². The van der Waals surface area contributed by atoms with Gasteiger partial charge in [-0.2, -0.15) is 0 Å². The maximum absolute atomic E-state index is 3.53. The molecule has 1 heterocycles. The van der Waals surface area contributed by atoms with Gasteiger partial charge >= 0.3 is 0 Å². The average Bonchev–Trinajstić information content (AvgIpc) is 2.77. The second kappa shape index (κ2) is 8.55. The molecule has 0 bridgehead atoms. The Balaban J connectivity index is 2.05. The summed E-state index contributed by atoms with van der Waals surface area (Å²) in [6.45, 7) is 6.96. The van der Waals surface area contributed by atoms with Crippen LogP contribution in [0, 0.1) is 0 Å². The summed E-state index contributed by atoms with van der Waals surface area (Å²) in [6, 6.07) is 10.4. The van der Waals surface area contributed by atoms with Crippen LogP contribution in [0.4, 0.5) is 0 Å². The molecule has 2 heteroatoms. The molecular weight excluding hydrogens is 256 g/mol. The summed E-state index contributed by atoms with van der Waals surface area (Å²) in [6.07, 6.45) is 7.95. The molecular formula is C19H32N2.